The van der Waals surface area contributed by atoms with Crippen molar-refractivity contribution in [2.45, 2.75) is 31.0 Å². The SMILES string of the molecule is N#Cc1c(NC(=O)CSc2nnc(N3CCOCC3)n2Cc2ccccc2)sc2c1CCC2. The molecule has 0 radical (unpaired) electrons. The number of carbonyl (C=O) groups excluding carboxylic acids is 1. The summed E-state index contributed by atoms with van der Waals surface area (Å²) in [7, 11) is 0. The number of morpholine rings is 1. The smallest absolute Gasteiger partial charge is 0.235 e. The van der Waals surface area contributed by atoms with Crippen LogP contribution in [0.25, 0.3) is 0 Å². The summed E-state index contributed by atoms with van der Waals surface area (Å²) < 4.78 is 7.55. The summed E-state index contributed by atoms with van der Waals surface area (Å²) in [6, 6.07) is 12.4. The highest BCUT2D eigenvalue weighted by Crippen LogP contribution is 2.38. The van der Waals surface area contributed by atoms with E-state index in [1.165, 1.54) is 28.0 Å². The Balaban J connectivity index is 1.31. The van der Waals surface area contributed by atoms with Crippen molar-refractivity contribution in [2.24, 2.45) is 0 Å². The van der Waals surface area contributed by atoms with Gasteiger partial charge in [-0.25, -0.2) is 0 Å². The van der Waals surface area contributed by atoms with Crippen LogP contribution in [0.15, 0.2) is 35.5 Å². The maximum absolute atomic E-state index is 12.7. The van der Waals surface area contributed by atoms with E-state index in [-0.39, 0.29) is 11.7 Å². The van der Waals surface area contributed by atoms with Gasteiger partial charge in [-0.15, -0.1) is 21.5 Å². The maximum Gasteiger partial charge on any atom is 0.235 e. The number of thiophene rings is 1. The summed E-state index contributed by atoms with van der Waals surface area (Å²) in [5.41, 5.74) is 2.89. The molecule has 170 valence electrons. The molecule has 1 N–H and O–H groups in total. The minimum absolute atomic E-state index is 0.140. The Morgan fingerprint density at radius 1 is 1.21 bits per heavy atom. The Hall–Kier alpha value is -2.87. The van der Waals surface area contributed by atoms with E-state index in [1.54, 1.807) is 0 Å². The summed E-state index contributed by atoms with van der Waals surface area (Å²) in [4.78, 5) is 16.1. The van der Waals surface area contributed by atoms with Crippen molar-refractivity contribution in [3.63, 3.8) is 0 Å². The quantitative estimate of drug-likeness (QED) is 0.518. The van der Waals surface area contributed by atoms with Gasteiger partial charge < -0.3 is 15.0 Å². The highest BCUT2D eigenvalue weighted by Gasteiger charge is 2.24. The van der Waals surface area contributed by atoms with Gasteiger partial charge in [0.15, 0.2) is 5.16 Å². The Labute approximate surface area is 200 Å². The normalized spacial score (nSPS) is 15.3. The van der Waals surface area contributed by atoms with E-state index < -0.39 is 0 Å². The molecule has 0 atom stereocenters. The highest BCUT2D eigenvalue weighted by atomic mass is 32.2. The van der Waals surface area contributed by atoms with Gasteiger partial charge in [0.1, 0.15) is 11.1 Å². The zero-order valence-corrected chi connectivity index (χ0v) is 19.8. The van der Waals surface area contributed by atoms with Crippen molar-refractivity contribution >= 4 is 40.0 Å². The first-order valence-corrected chi connectivity index (χ1v) is 12.8. The van der Waals surface area contributed by atoms with Gasteiger partial charge in [0.2, 0.25) is 11.9 Å². The van der Waals surface area contributed by atoms with Crippen molar-refractivity contribution in [1.82, 2.24) is 14.8 Å². The fourth-order valence-electron chi connectivity index (χ4n) is 4.19. The fourth-order valence-corrected chi connectivity index (χ4v) is 6.18. The molecule has 1 aliphatic carbocycles. The van der Waals surface area contributed by atoms with Crippen LogP contribution < -0.4 is 10.2 Å². The number of hydrogen-bond donors (Lipinski definition) is 1. The summed E-state index contributed by atoms with van der Waals surface area (Å²) in [6.45, 7) is 3.47. The van der Waals surface area contributed by atoms with Gasteiger partial charge in [-0.05, 0) is 30.4 Å². The van der Waals surface area contributed by atoms with Crippen LogP contribution in [-0.2, 0) is 28.9 Å². The monoisotopic (exact) mass is 480 g/mol. The number of aryl methyl sites for hydroxylation is 1. The molecule has 1 saturated heterocycles. The Morgan fingerprint density at radius 2 is 2.03 bits per heavy atom. The zero-order chi connectivity index (χ0) is 22.6. The van der Waals surface area contributed by atoms with Gasteiger partial charge in [0.05, 0.1) is 31.1 Å². The first-order valence-electron chi connectivity index (χ1n) is 11.0. The molecule has 1 amide bonds. The number of anilines is 2. The van der Waals surface area contributed by atoms with Gasteiger partial charge >= 0.3 is 0 Å². The lowest BCUT2D eigenvalue weighted by molar-refractivity contribution is -0.113. The lowest BCUT2D eigenvalue weighted by atomic mass is 10.1. The topological polar surface area (TPSA) is 96.1 Å². The van der Waals surface area contributed by atoms with Crippen LogP contribution in [-0.4, -0.2) is 52.7 Å². The van der Waals surface area contributed by atoms with E-state index in [9.17, 15) is 10.1 Å². The van der Waals surface area contributed by atoms with Crippen molar-refractivity contribution in [2.75, 3.05) is 42.3 Å². The number of ether oxygens (including phenoxy) is 1. The third-order valence-corrected chi connectivity index (χ3v) is 7.97. The fraction of sp³-hybridized carbons (Fsp3) is 0.391. The molecule has 1 aromatic carbocycles. The van der Waals surface area contributed by atoms with Crippen molar-refractivity contribution in [3.8, 4) is 6.07 Å². The predicted octanol–water partition coefficient (Wildman–Crippen LogP) is 3.32. The van der Waals surface area contributed by atoms with E-state index in [2.05, 4.69) is 43.2 Å². The predicted molar refractivity (Wildman–Crippen MR) is 129 cm³/mol. The number of nitrogens with one attached hydrogen (secondary N) is 1. The lowest BCUT2D eigenvalue weighted by Crippen LogP contribution is -2.38. The average Bonchev–Trinajstić information content (AvgIpc) is 3.54. The Bertz CT molecular complexity index is 1180. The van der Waals surface area contributed by atoms with Crippen LogP contribution in [0.2, 0.25) is 0 Å². The van der Waals surface area contributed by atoms with Crippen molar-refractivity contribution in [1.29, 1.82) is 5.26 Å². The third kappa shape index (κ3) is 4.76. The number of rotatable bonds is 7. The third-order valence-electron chi connectivity index (χ3n) is 5.79. The molecule has 0 saturated carbocycles. The molecular formula is C23H24N6O2S2. The van der Waals surface area contributed by atoms with Crippen LogP contribution >= 0.6 is 23.1 Å². The number of carbonyl (C=O) groups is 1. The second-order valence-electron chi connectivity index (χ2n) is 7.96. The number of nitrogens with zero attached hydrogens (tertiary/aromatic N) is 5. The van der Waals surface area contributed by atoms with Crippen LogP contribution in [0.1, 0.15) is 28.0 Å². The molecule has 33 heavy (non-hydrogen) atoms. The number of hydrogen-bond acceptors (Lipinski definition) is 8. The van der Waals surface area contributed by atoms with Crippen LogP contribution in [0.3, 0.4) is 0 Å². The van der Waals surface area contributed by atoms with E-state index in [4.69, 9.17) is 4.74 Å². The first kappa shape index (κ1) is 21.9. The van der Waals surface area contributed by atoms with Gasteiger partial charge in [-0.2, -0.15) is 5.26 Å². The van der Waals surface area contributed by atoms with Gasteiger partial charge in [-0.3, -0.25) is 9.36 Å². The number of aromatic nitrogens is 3. The maximum atomic E-state index is 12.7. The second-order valence-corrected chi connectivity index (χ2v) is 10.0. The van der Waals surface area contributed by atoms with Crippen LogP contribution in [0.4, 0.5) is 10.9 Å². The molecule has 5 rings (SSSR count). The molecule has 3 aromatic rings. The molecule has 2 aromatic heterocycles. The van der Waals surface area contributed by atoms with Crippen molar-refractivity contribution < 1.29 is 9.53 Å². The Morgan fingerprint density at radius 3 is 2.82 bits per heavy atom. The van der Waals surface area contributed by atoms with Gasteiger partial charge in [-0.1, -0.05) is 42.1 Å². The standard InChI is InChI=1S/C23H24N6O2S2/c24-13-18-17-7-4-8-19(17)33-21(18)25-20(30)15-32-23-27-26-22(28-9-11-31-12-10-28)29(23)14-16-5-2-1-3-6-16/h1-3,5-6H,4,7-12,14-15H2,(H,25,30). The van der Waals surface area contributed by atoms with Crippen molar-refractivity contribution in [3.05, 3.63) is 51.9 Å². The summed E-state index contributed by atoms with van der Waals surface area (Å²) in [5.74, 6) is 0.855. The molecule has 3 heterocycles. The number of amides is 1. The lowest BCUT2D eigenvalue weighted by Gasteiger charge is -2.28. The molecule has 10 heteroatoms. The molecule has 8 nitrogen and oxygen atoms in total. The van der Waals surface area contributed by atoms with E-state index in [0.717, 1.165) is 49.4 Å². The van der Waals surface area contributed by atoms with Crippen LogP contribution in [0, 0.1) is 11.3 Å². The first-order chi connectivity index (χ1) is 16.2. The molecule has 1 fully saturated rings. The summed E-state index contributed by atoms with van der Waals surface area (Å²) >= 11 is 2.90. The Kier molecular flexibility index (Phi) is 6.62. The van der Waals surface area contributed by atoms with E-state index in [1.807, 2.05) is 18.2 Å². The minimum atomic E-state index is -0.140. The molecule has 1 aliphatic heterocycles. The van der Waals surface area contributed by atoms with Crippen LogP contribution in [0.5, 0.6) is 0 Å². The summed E-state index contributed by atoms with van der Waals surface area (Å²) in [6.07, 6.45) is 3.00. The van der Waals surface area contributed by atoms with E-state index >= 15 is 0 Å². The van der Waals surface area contributed by atoms with E-state index in [0.29, 0.717) is 35.5 Å². The average molecular weight is 481 g/mol. The number of fused-ring (bicyclic) bond motifs is 1. The number of thioether (sulfide) groups is 1. The number of nitriles is 1. The number of benzene rings is 1. The highest BCUT2D eigenvalue weighted by molar-refractivity contribution is 7.99. The molecular weight excluding hydrogens is 456 g/mol. The molecule has 0 unspecified atom stereocenters. The molecule has 0 bridgehead atoms. The second kappa shape index (κ2) is 9.95. The van der Waals surface area contributed by atoms with Gasteiger partial charge in [0, 0.05) is 18.0 Å². The largest absolute Gasteiger partial charge is 0.378 e. The summed E-state index contributed by atoms with van der Waals surface area (Å²) in [5, 5.41) is 22.7. The minimum Gasteiger partial charge on any atom is -0.378 e. The van der Waals surface area contributed by atoms with Gasteiger partial charge in [0.25, 0.3) is 0 Å². The zero-order valence-electron chi connectivity index (χ0n) is 18.1. The molecule has 2 aliphatic rings. The molecule has 0 spiro atoms.